The molecule has 1 aliphatic rings. The minimum Gasteiger partial charge on any atom is -0.486 e. The van der Waals surface area contributed by atoms with Crippen LogP contribution < -0.4 is 10.1 Å². The molecule has 2 aromatic rings. The molecule has 3 rings (SSSR count). The molecule has 1 aromatic carbocycles. The van der Waals surface area contributed by atoms with Gasteiger partial charge in [0, 0.05) is 17.4 Å². The Kier molecular flexibility index (Phi) is 4.39. The number of nitrogens with one attached hydrogen (secondary N) is 1. The van der Waals surface area contributed by atoms with Crippen molar-refractivity contribution in [3.63, 3.8) is 0 Å². The van der Waals surface area contributed by atoms with E-state index >= 15 is 0 Å². The second-order valence-corrected chi connectivity index (χ2v) is 8.05. The molecule has 0 saturated carbocycles. The van der Waals surface area contributed by atoms with Crippen molar-refractivity contribution >= 4 is 28.8 Å². The molecule has 0 bridgehead atoms. The lowest BCUT2D eigenvalue weighted by Crippen LogP contribution is -2.40. The van der Waals surface area contributed by atoms with Crippen LogP contribution in [0.1, 0.15) is 26.3 Å². The fourth-order valence-corrected chi connectivity index (χ4v) is 3.52. The highest BCUT2D eigenvalue weighted by Crippen LogP contribution is 2.39. The van der Waals surface area contributed by atoms with Crippen molar-refractivity contribution in [3.8, 4) is 16.9 Å². The smallest absolute Gasteiger partial charge is 0.225 e. The van der Waals surface area contributed by atoms with Gasteiger partial charge in [-0.1, -0.05) is 32.4 Å². The molecule has 0 radical (unpaired) electrons. The van der Waals surface area contributed by atoms with Crippen LogP contribution in [0.4, 0.5) is 0 Å². The van der Waals surface area contributed by atoms with Crippen LogP contribution in [0.5, 0.6) is 5.75 Å². The second kappa shape index (κ2) is 6.17. The first-order valence-corrected chi connectivity index (χ1v) is 8.96. The third kappa shape index (κ3) is 3.54. The molecule has 3 nitrogen and oxygen atoms in total. The van der Waals surface area contributed by atoms with Crippen molar-refractivity contribution in [2.75, 3.05) is 6.54 Å². The van der Waals surface area contributed by atoms with Crippen LogP contribution in [0.3, 0.4) is 0 Å². The van der Waals surface area contributed by atoms with Crippen molar-refractivity contribution in [1.29, 1.82) is 0 Å². The third-order valence-electron chi connectivity index (χ3n) is 3.88. The number of fused-ring (bicyclic) bond motifs is 1. The predicted molar refractivity (Wildman–Crippen MR) is 95.3 cm³/mol. The molecule has 23 heavy (non-hydrogen) atoms. The zero-order valence-corrected chi connectivity index (χ0v) is 15.1. The van der Waals surface area contributed by atoms with E-state index in [0.717, 1.165) is 23.3 Å². The van der Waals surface area contributed by atoms with Gasteiger partial charge in [0.05, 0.1) is 11.6 Å². The van der Waals surface area contributed by atoms with Gasteiger partial charge in [-0.25, -0.2) is 0 Å². The Balaban J connectivity index is 1.71. The molecule has 5 heteroatoms. The summed E-state index contributed by atoms with van der Waals surface area (Å²) in [4.78, 5) is 12.0. The maximum absolute atomic E-state index is 12.0. The largest absolute Gasteiger partial charge is 0.486 e. The van der Waals surface area contributed by atoms with Gasteiger partial charge in [-0.05, 0) is 40.1 Å². The maximum Gasteiger partial charge on any atom is 0.225 e. The summed E-state index contributed by atoms with van der Waals surface area (Å²) < 4.78 is 5.93. The highest BCUT2D eigenvalue weighted by Gasteiger charge is 2.28. The molecular formula is C18H20ClNO2S. The monoisotopic (exact) mass is 349 g/mol. The van der Waals surface area contributed by atoms with Crippen molar-refractivity contribution < 1.29 is 9.53 Å². The van der Waals surface area contributed by atoms with Gasteiger partial charge in [0.1, 0.15) is 11.9 Å². The first kappa shape index (κ1) is 16.3. The van der Waals surface area contributed by atoms with Crippen molar-refractivity contribution in [2.24, 2.45) is 5.41 Å². The zero-order chi connectivity index (χ0) is 16.6. The number of halogens is 1. The van der Waals surface area contributed by atoms with E-state index in [1.54, 1.807) is 11.3 Å². The van der Waals surface area contributed by atoms with Crippen molar-refractivity contribution in [3.05, 3.63) is 39.5 Å². The highest BCUT2D eigenvalue weighted by molar-refractivity contribution is 7.08. The molecule has 0 spiro atoms. The first-order valence-electron chi connectivity index (χ1n) is 7.64. The first-order chi connectivity index (χ1) is 10.8. The number of carbonyl (C=O) groups excluding carboxylic acids is 1. The molecule has 1 N–H and O–H groups in total. The van der Waals surface area contributed by atoms with Crippen LogP contribution in [0, 0.1) is 5.41 Å². The zero-order valence-electron chi connectivity index (χ0n) is 13.5. The Morgan fingerprint density at radius 1 is 1.39 bits per heavy atom. The summed E-state index contributed by atoms with van der Waals surface area (Å²) >= 11 is 8.05. The molecule has 1 unspecified atom stereocenters. The Labute approximate surface area is 145 Å². The van der Waals surface area contributed by atoms with E-state index < -0.39 is 5.41 Å². The van der Waals surface area contributed by atoms with E-state index in [0.29, 0.717) is 11.6 Å². The van der Waals surface area contributed by atoms with Crippen molar-refractivity contribution in [2.45, 2.75) is 33.3 Å². The molecule has 122 valence electrons. The summed E-state index contributed by atoms with van der Waals surface area (Å²) in [5.74, 6) is 0.780. The third-order valence-corrected chi connectivity index (χ3v) is 4.84. The van der Waals surface area contributed by atoms with Crippen molar-refractivity contribution in [1.82, 2.24) is 5.32 Å². The topological polar surface area (TPSA) is 38.3 Å². The fraction of sp³-hybridized carbons (Fsp3) is 0.389. The summed E-state index contributed by atoms with van der Waals surface area (Å²) in [6, 6.07) is 6.16. The lowest BCUT2D eigenvalue weighted by Gasteiger charge is -2.19. The molecule has 1 aliphatic heterocycles. The minimum absolute atomic E-state index is 0.0297. The molecule has 2 heterocycles. The Hall–Kier alpha value is -1.52. The molecule has 1 atom stereocenters. The van der Waals surface area contributed by atoms with Crippen LogP contribution in [0.15, 0.2) is 29.0 Å². The standard InChI is InChI=1S/C18H20ClNO2S/c1-18(2,3)17(21)20-9-14-7-13-6-12(11-4-5-23-10-11)8-15(19)16(13)22-14/h4-6,8,10,14H,7,9H2,1-3H3,(H,20,21). The minimum atomic E-state index is -0.394. The predicted octanol–water partition coefficient (Wildman–Crippen LogP) is 4.53. The molecule has 1 aromatic heterocycles. The quantitative estimate of drug-likeness (QED) is 0.883. The fourth-order valence-electron chi connectivity index (χ4n) is 2.57. The summed E-state index contributed by atoms with van der Waals surface area (Å²) in [7, 11) is 0. The number of ether oxygens (including phenoxy) is 1. The lowest BCUT2D eigenvalue weighted by molar-refractivity contribution is -0.128. The second-order valence-electron chi connectivity index (χ2n) is 6.86. The summed E-state index contributed by atoms with van der Waals surface area (Å²) in [6.07, 6.45) is 0.698. The van der Waals surface area contributed by atoms with Crippen LogP contribution in [-0.2, 0) is 11.2 Å². The Morgan fingerprint density at radius 3 is 2.83 bits per heavy atom. The van der Waals surface area contributed by atoms with Gasteiger partial charge in [-0.3, -0.25) is 4.79 Å². The number of benzene rings is 1. The van der Waals surface area contributed by atoms with E-state index in [1.807, 2.05) is 26.8 Å². The van der Waals surface area contributed by atoms with Crippen LogP contribution in [-0.4, -0.2) is 18.6 Å². The van der Waals surface area contributed by atoms with Gasteiger partial charge in [0.15, 0.2) is 0 Å². The number of hydrogen-bond donors (Lipinski definition) is 1. The van der Waals surface area contributed by atoms with Crippen LogP contribution in [0.25, 0.3) is 11.1 Å². The lowest BCUT2D eigenvalue weighted by atomic mass is 9.95. The summed E-state index contributed by atoms with van der Waals surface area (Å²) in [5.41, 5.74) is 2.99. The number of amides is 1. The summed E-state index contributed by atoms with van der Waals surface area (Å²) in [6.45, 7) is 6.19. The number of hydrogen-bond acceptors (Lipinski definition) is 3. The van der Waals surface area contributed by atoms with Gasteiger partial charge in [-0.15, -0.1) is 0 Å². The van der Waals surface area contributed by atoms with Crippen LogP contribution >= 0.6 is 22.9 Å². The highest BCUT2D eigenvalue weighted by atomic mass is 35.5. The van der Waals surface area contributed by atoms with Gasteiger partial charge < -0.3 is 10.1 Å². The summed E-state index contributed by atoms with van der Waals surface area (Å²) in [5, 5.41) is 7.75. The van der Waals surface area contributed by atoms with E-state index in [1.165, 1.54) is 5.56 Å². The van der Waals surface area contributed by atoms with Gasteiger partial charge in [0.25, 0.3) is 0 Å². The van der Waals surface area contributed by atoms with E-state index in [4.69, 9.17) is 16.3 Å². The number of rotatable bonds is 3. The number of carbonyl (C=O) groups is 1. The normalized spacial score (nSPS) is 16.8. The van der Waals surface area contributed by atoms with Crippen LogP contribution in [0.2, 0.25) is 5.02 Å². The van der Waals surface area contributed by atoms with Gasteiger partial charge >= 0.3 is 0 Å². The average molecular weight is 350 g/mol. The Bertz CT molecular complexity index is 719. The SMILES string of the molecule is CC(C)(C)C(=O)NCC1Cc2cc(-c3ccsc3)cc(Cl)c2O1. The molecule has 0 saturated heterocycles. The van der Waals surface area contributed by atoms with E-state index in [-0.39, 0.29) is 12.0 Å². The average Bonchev–Trinajstić information content (AvgIpc) is 3.12. The Morgan fingerprint density at radius 2 is 2.17 bits per heavy atom. The molecule has 0 fully saturated rings. The molecule has 1 amide bonds. The van der Waals surface area contributed by atoms with E-state index in [9.17, 15) is 4.79 Å². The van der Waals surface area contributed by atoms with Gasteiger partial charge in [0.2, 0.25) is 5.91 Å². The van der Waals surface area contributed by atoms with Gasteiger partial charge in [-0.2, -0.15) is 11.3 Å². The molecule has 0 aliphatic carbocycles. The van der Waals surface area contributed by atoms with E-state index in [2.05, 4.69) is 28.2 Å². The molecular weight excluding hydrogens is 330 g/mol. The maximum atomic E-state index is 12.0. The number of thiophene rings is 1.